The summed E-state index contributed by atoms with van der Waals surface area (Å²) in [6, 6.07) is 11.6. The van der Waals surface area contributed by atoms with E-state index in [9.17, 15) is 4.79 Å². The lowest BCUT2D eigenvalue weighted by Gasteiger charge is -2.13. The maximum Gasteiger partial charge on any atom is 0.150 e. The Morgan fingerprint density at radius 2 is 1.86 bits per heavy atom. The summed E-state index contributed by atoms with van der Waals surface area (Å²) in [6.07, 6.45) is 3.27. The number of aldehydes is 1. The van der Waals surface area contributed by atoms with Crippen molar-refractivity contribution in [2.45, 2.75) is 13.0 Å². The highest BCUT2D eigenvalue weighted by Crippen LogP contribution is 2.32. The van der Waals surface area contributed by atoms with Gasteiger partial charge in [0, 0.05) is 10.0 Å². The average Bonchev–Trinajstić information content (AvgIpc) is 2.48. The van der Waals surface area contributed by atoms with E-state index in [1.807, 2.05) is 30.3 Å². The average molecular weight is 410 g/mol. The molecule has 0 N–H and O–H groups in total. The molecule has 0 fully saturated rings. The number of carbonyl (C=O) groups is 1. The lowest BCUT2D eigenvalue weighted by Crippen LogP contribution is -2.00. The maximum atomic E-state index is 10.9. The van der Waals surface area contributed by atoms with E-state index in [-0.39, 0.29) is 0 Å². The molecule has 21 heavy (non-hydrogen) atoms. The van der Waals surface area contributed by atoms with Crippen molar-refractivity contribution in [1.82, 2.24) is 0 Å². The smallest absolute Gasteiger partial charge is 0.150 e. The zero-order valence-electron chi connectivity index (χ0n) is 11.3. The quantitative estimate of drug-likeness (QED) is 0.476. The van der Waals surface area contributed by atoms with E-state index in [1.165, 1.54) is 0 Å². The molecule has 0 aliphatic carbocycles. The molecule has 0 heterocycles. The highest BCUT2D eigenvalue weighted by atomic mass is 79.9. The van der Waals surface area contributed by atoms with E-state index in [1.54, 1.807) is 12.1 Å². The van der Waals surface area contributed by atoms with Crippen LogP contribution in [0.15, 0.2) is 58.0 Å². The number of rotatable bonds is 6. The summed E-state index contributed by atoms with van der Waals surface area (Å²) in [7, 11) is 0. The molecule has 0 amide bonds. The van der Waals surface area contributed by atoms with E-state index in [2.05, 4.69) is 38.4 Å². The van der Waals surface area contributed by atoms with Gasteiger partial charge < -0.3 is 4.74 Å². The zero-order valence-corrected chi connectivity index (χ0v) is 14.5. The van der Waals surface area contributed by atoms with Gasteiger partial charge >= 0.3 is 0 Å². The second kappa shape index (κ2) is 7.57. The van der Waals surface area contributed by atoms with Crippen LogP contribution in [0.4, 0.5) is 0 Å². The van der Waals surface area contributed by atoms with Crippen molar-refractivity contribution in [3.8, 4) is 5.75 Å². The Bertz CT molecular complexity index is 649. The largest absolute Gasteiger partial charge is 0.487 e. The number of allylic oxidation sites excluding steroid dienone is 1. The molecule has 0 aliphatic rings. The van der Waals surface area contributed by atoms with Crippen molar-refractivity contribution in [2.24, 2.45) is 0 Å². The molecule has 0 saturated carbocycles. The summed E-state index contributed by atoms with van der Waals surface area (Å²) >= 11 is 6.88. The third-order valence-corrected chi connectivity index (χ3v) is 4.06. The lowest BCUT2D eigenvalue weighted by atomic mass is 10.1. The summed E-state index contributed by atoms with van der Waals surface area (Å²) in [5.41, 5.74) is 2.64. The van der Waals surface area contributed by atoms with Crippen LogP contribution >= 0.6 is 31.9 Å². The number of benzene rings is 2. The highest BCUT2D eigenvalue weighted by molar-refractivity contribution is 9.10. The minimum Gasteiger partial charge on any atom is -0.487 e. The van der Waals surface area contributed by atoms with Crippen LogP contribution in [0.2, 0.25) is 0 Å². The van der Waals surface area contributed by atoms with Gasteiger partial charge in [-0.1, -0.05) is 34.1 Å². The van der Waals surface area contributed by atoms with Gasteiger partial charge in [-0.25, -0.2) is 0 Å². The Morgan fingerprint density at radius 3 is 2.48 bits per heavy atom. The summed E-state index contributed by atoms with van der Waals surface area (Å²) in [5, 5.41) is 0. The van der Waals surface area contributed by atoms with Crippen LogP contribution in [0.3, 0.4) is 0 Å². The van der Waals surface area contributed by atoms with Crippen LogP contribution in [0.1, 0.15) is 21.5 Å². The van der Waals surface area contributed by atoms with Crippen LogP contribution in [-0.4, -0.2) is 6.29 Å². The Hall–Kier alpha value is -1.39. The standard InChI is InChI=1S/C17H14Br2O2/c1-2-3-14-8-13(10-20)9-16(19)17(14)21-11-12-4-6-15(18)7-5-12/h2,4-10H,1,3,11H2. The molecule has 0 aromatic heterocycles. The molecule has 0 spiro atoms. The molecule has 0 saturated heterocycles. The van der Waals surface area contributed by atoms with Crippen molar-refractivity contribution >= 4 is 38.1 Å². The Labute approximate surface area is 141 Å². The fourth-order valence-corrected chi connectivity index (χ4v) is 2.84. The molecule has 0 radical (unpaired) electrons. The third-order valence-electron chi connectivity index (χ3n) is 2.94. The number of ether oxygens (including phenoxy) is 1. The van der Waals surface area contributed by atoms with Gasteiger partial charge in [0.2, 0.25) is 0 Å². The molecule has 2 aromatic rings. The van der Waals surface area contributed by atoms with E-state index in [4.69, 9.17) is 4.74 Å². The lowest BCUT2D eigenvalue weighted by molar-refractivity contribution is 0.112. The molecule has 0 unspecified atom stereocenters. The third kappa shape index (κ3) is 4.29. The van der Waals surface area contributed by atoms with E-state index in [0.29, 0.717) is 18.6 Å². The van der Waals surface area contributed by atoms with Gasteiger partial charge in [-0.15, -0.1) is 6.58 Å². The molecule has 2 aromatic carbocycles. The maximum absolute atomic E-state index is 10.9. The van der Waals surface area contributed by atoms with Crippen molar-refractivity contribution in [3.63, 3.8) is 0 Å². The van der Waals surface area contributed by atoms with Crippen molar-refractivity contribution in [2.75, 3.05) is 0 Å². The van der Waals surface area contributed by atoms with Gasteiger partial charge in [-0.2, -0.15) is 0 Å². The predicted octanol–water partition coefficient (Wildman–Crippen LogP) is 5.33. The molecule has 2 rings (SSSR count). The van der Waals surface area contributed by atoms with Gasteiger partial charge in [0.1, 0.15) is 18.6 Å². The van der Waals surface area contributed by atoms with E-state index in [0.717, 1.165) is 32.1 Å². The SMILES string of the molecule is C=CCc1cc(C=O)cc(Br)c1OCc1ccc(Br)cc1. The zero-order chi connectivity index (χ0) is 15.2. The molecule has 0 aliphatic heterocycles. The van der Waals surface area contributed by atoms with Gasteiger partial charge in [0.05, 0.1) is 4.47 Å². The second-order valence-corrected chi connectivity index (χ2v) is 6.29. The minimum atomic E-state index is 0.469. The van der Waals surface area contributed by atoms with Crippen LogP contribution in [0.5, 0.6) is 5.75 Å². The first kappa shape index (κ1) is 16.0. The normalized spacial score (nSPS) is 10.2. The molecule has 0 atom stereocenters. The topological polar surface area (TPSA) is 26.3 Å². The molecule has 108 valence electrons. The fourth-order valence-electron chi connectivity index (χ4n) is 1.95. The summed E-state index contributed by atoms with van der Waals surface area (Å²) in [6.45, 7) is 4.21. The van der Waals surface area contributed by atoms with Crippen molar-refractivity contribution < 1.29 is 9.53 Å². The molecule has 4 heteroatoms. The summed E-state index contributed by atoms with van der Waals surface area (Å²) in [5.74, 6) is 0.753. The molecular weight excluding hydrogens is 396 g/mol. The second-order valence-electron chi connectivity index (χ2n) is 4.52. The first-order valence-electron chi connectivity index (χ1n) is 6.39. The Kier molecular flexibility index (Phi) is 5.76. The number of carbonyl (C=O) groups excluding carboxylic acids is 1. The van der Waals surface area contributed by atoms with Crippen LogP contribution < -0.4 is 4.74 Å². The highest BCUT2D eigenvalue weighted by Gasteiger charge is 2.10. The Morgan fingerprint density at radius 1 is 1.14 bits per heavy atom. The van der Waals surface area contributed by atoms with Gasteiger partial charge in [0.15, 0.2) is 0 Å². The fraction of sp³-hybridized carbons (Fsp3) is 0.118. The summed E-state index contributed by atoms with van der Waals surface area (Å²) < 4.78 is 7.74. The van der Waals surface area contributed by atoms with Gasteiger partial charge in [-0.05, 0) is 57.7 Å². The first-order valence-corrected chi connectivity index (χ1v) is 7.98. The van der Waals surface area contributed by atoms with Crippen molar-refractivity contribution in [1.29, 1.82) is 0 Å². The summed E-state index contributed by atoms with van der Waals surface area (Å²) in [4.78, 5) is 10.9. The number of hydrogen-bond donors (Lipinski definition) is 0. The number of halogens is 2. The van der Waals surface area contributed by atoms with Crippen LogP contribution in [-0.2, 0) is 13.0 Å². The van der Waals surface area contributed by atoms with E-state index < -0.39 is 0 Å². The van der Waals surface area contributed by atoms with E-state index >= 15 is 0 Å². The number of hydrogen-bond acceptors (Lipinski definition) is 2. The predicted molar refractivity (Wildman–Crippen MR) is 91.9 cm³/mol. The monoisotopic (exact) mass is 408 g/mol. The molecular formula is C17H14Br2O2. The van der Waals surface area contributed by atoms with Crippen LogP contribution in [0, 0.1) is 0 Å². The molecule has 0 bridgehead atoms. The van der Waals surface area contributed by atoms with Crippen LogP contribution in [0.25, 0.3) is 0 Å². The molecule has 2 nitrogen and oxygen atoms in total. The first-order chi connectivity index (χ1) is 10.1. The van der Waals surface area contributed by atoms with Gasteiger partial charge in [-0.3, -0.25) is 4.79 Å². The van der Waals surface area contributed by atoms with Crippen molar-refractivity contribution in [3.05, 3.63) is 74.7 Å². The minimum absolute atomic E-state index is 0.469. The Balaban J connectivity index is 2.23. The van der Waals surface area contributed by atoms with Gasteiger partial charge in [0.25, 0.3) is 0 Å².